The predicted molar refractivity (Wildman–Crippen MR) is 84.7 cm³/mol. The molecule has 0 fully saturated rings. The van der Waals surface area contributed by atoms with Gasteiger partial charge in [0.05, 0.1) is 0 Å². The van der Waals surface area contributed by atoms with Gasteiger partial charge in [-0.2, -0.15) is 0 Å². The highest BCUT2D eigenvalue weighted by Crippen LogP contribution is 2.18. The molecule has 0 saturated carbocycles. The van der Waals surface area contributed by atoms with Gasteiger partial charge in [-0.1, -0.05) is 24.3 Å². The van der Waals surface area contributed by atoms with Crippen molar-refractivity contribution in [2.24, 2.45) is 5.41 Å². The Morgan fingerprint density at radius 1 is 1.00 bits per heavy atom. The van der Waals surface area contributed by atoms with E-state index in [-0.39, 0.29) is 17.4 Å². The second-order valence-electron chi connectivity index (χ2n) is 6.94. The Morgan fingerprint density at radius 3 is 2.10 bits per heavy atom. The Bertz CT molecular complexity index is 528. The molecule has 4 heteroatoms. The highest BCUT2D eigenvalue weighted by atomic mass is 16.2. The van der Waals surface area contributed by atoms with Gasteiger partial charge >= 0.3 is 0 Å². The minimum absolute atomic E-state index is 0.266. The summed E-state index contributed by atoms with van der Waals surface area (Å²) in [4.78, 5) is 24.5. The summed E-state index contributed by atoms with van der Waals surface area (Å²) in [5, 5.41) is 5.70. The third kappa shape index (κ3) is 4.88. The van der Waals surface area contributed by atoms with E-state index < -0.39 is 5.41 Å². The minimum Gasteiger partial charge on any atom is -0.351 e. The third-order valence-electron chi connectivity index (χ3n) is 3.32. The molecule has 0 heterocycles. The number of hydrogen-bond donors (Lipinski definition) is 2. The van der Waals surface area contributed by atoms with E-state index in [1.165, 1.54) is 0 Å². The molecule has 2 amide bonds. The first-order chi connectivity index (χ1) is 9.54. The van der Waals surface area contributed by atoms with Gasteiger partial charge in [0.1, 0.15) is 5.41 Å². The molecule has 0 radical (unpaired) electrons. The lowest BCUT2D eigenvalue weighted by Gasteiger charge is -2.28. The standard InChI is InChI=1S/C17H26N2O2/c1-12-9-7-8-10-13(12)11-18-14(20)17(5,6)15(21)19-16(2,3)4/h7-10H,11H2,1-6H3,(H,18,20)(H,19,21). The van der Waals surface area contributed by atoms with Crippen molar-refractivity contribution in [1.82, 2.24) is 10.6 Å². The van der Waals surface area contributed by atoms with Crippen LogP contribution in [-0.4, -0.2) is 17.4 Å². The van der Waals surface area contributed by atoms with Crippen LogP contribution in [-0.2, 0) is 16.1 Å². The number of hydrogen-bond acceptors (Lipinski definition) is 2. The molecule has 1 rings (SSSR count). The smallest absolute Gasteiger partial charge is 0.235 e. The molecule has 2 N–H and O–H groups in total. The van der Waals surface area contributed by atoms with Crippen molar-refractivity contribution in [2.75, 3.05) is 0 Å². The van der Waals surface area contributed by atoms with Crippen LogP contribution >= 0.6 is 0 Å². The first kappa shape index (κ1) is 17.2. The normalized spacial score (nSPS) is 11.9. The summed E-state index contributed by atoms with van der Waals surface area (Å²) < 4.78 is 0. The van der Waals surface area contributed by atoms with Crippen LogP contribution in [0.2, 0.25) is 0 Å². The highest BCUT2D eigenvalue weighted by Gasteiger charge is 2.37. The van der Waals surface area contributed by atoms with Crippen LogP contribution in [0.25, 0.3) is 0 Å². The summed E-state index contributed by atoms with van der Waals surface area (Å²) in [5.74, 6) is -0.537. The molecule has 0 aliphatic heterocycles. The van der Waals surface area contributed by atoms with Crippen molar-refractivity contribution in [3.8, 4) is 0 Å². The molecule has 1 aromatic carbocycles. The van der Waals surface area contributed by atoms with Gasteiger partial charge in [-0.3, -0.25) is 9.59 Å². The predicted octanol–water partition coefficient (Wildman–Crippen LogP) is 2.55. The molecule has 0 aliphatic carbocycles. The van der Waals surface area contributed by atoms with E-state index in [2.05, 4.69) is 10.6 Å². The molecule has 0 spiro atoms. The summed E-state index contributed by atoms with van der Waals surface area (Å²) in [6.07, 6.45) is 0. The zero-order chi connectivity index (χ0) is 16.3. The molecule has 4 nitrogen and oxygen atoms in total. The number of carbonyl (C=O) groups is 2. The fraction of sp³-hybridized carbons (Fsp3) is 0.529. The van der Waals surface area contributed by atoms with Crippen molar-refractivity contribution in [3.05, 3.63) is 35.4 Å². The van der Waals surface area contributed by atoms with Crippen molar-refractivity contribution in [3.63, 3.8) is 0 Å². The van der Waals surface area contributed by atoms with Crippen molar-refractivity contribution in [1.29, 1.82) is 0 Å². The zero-order valence-corrected chi connectivity index (χ0v) is 13.8. The fourth-order valence-corrected chi connectivity index (χ4v) is 1.80. The summed E-state index contributed by atoms with van der Waals surface area (Å²) >= 11 is 0. The lowest BCUT2D eigenvalue weighted by molar-refractivity contribution is -0.142. The van der Waals surface area contributed by atoms with E-state index in [1.54, 1.807) is 13.8 Å². The average Bonchev–Trinajstić information content (AvgIpc) is 2.35. The van der Waals surface area contributed by atoms with Gasteiger partial charge < -0.3 is 10.6 Å². The van der Waals surface area contributed by atoms with E-state index in [4.69, 9.17) is 0 Å². The SMILES string of the molecule is Cc1ccccc1CNC(=O)C(C)(C)C(=O)NC(C)(C)C. The topological polar surface area (TPSA) is 58.2 Å². The summed E-state index contributed by atoms with van der Waals surface area (Å²) in [5.41, 5.74) is 0.716. The van der Waals surface area contributed by atoms with E-state index >= 15 is 0 Å². The molecule has 116 valence electrons. The fourth-order valence-electron chi connectivity index (χ4n) is 1.80. The molecule has 0 aromatic heterocycles. The Balaban J connectivity index is 2.70. The zero-order valence-electron chi connectivity index (χ0n) is 13.8. The van der Waals surface area contributed by atoms with E-state index in [9.17, 15) is 9.59 Å². The molecule has 0 unspecified atom stereocenters. The molecule has 21 heavy (non-hydrogen) atoms. The first-order valence-electron chi connectivity index (χ1n) is 7.19. The lowest BCUT2D eigenvalue weighted by Crippen LogP contribution is -2.52. The quantitative estimate of drug-likeness (QED) is 0.837. The molecule has 1 aromatic rings. The second-order valence-corrected chi connectivity index (χ2v) is 6.94. The summed E-state index contributed by atoms with van der Waals surface area (Å²) in [7, 11) is 0. The Kier molecular flexibility index (Phi) is 5.15. The number of benzene rings is 1. The van der Waals surface area contributed by atoms with Gasteiger partial charge in [-0.05, 0) is 52.7 Å². The van der Waals surface area contributed by atoms with Crippen LogP contribution in [0.3, 0.4) is 0 Å². The second kappa shape index (κ2) is 6.29. The van der Waals surface area contributed by atoms with E-state index in [1.807, 2.05) is 52.0 Å². The van der Waals surface area contributed by atoms with E-state index in [0.717, 1.165) is 11.1 Å². The van der Waals surface area contributed by atoms with Crippen LogP contribution in [0.4, 0.5) is 0 Å². The average molecular weight is 290 g/mol. The maximum Gasteiger partial charge on any atom is 0.235 e. The lowest BCUT2D eigenvalue weighted by atomic mass is 9.89. The maximum atomic E-state index is 12.3. The van der Waals surface area contributed by atoms with Crippen LogP contribution in [0, 0.1) is 12.3 Å². The molecule has 0 atom stereocenters. The van der Waals surface area contributed by atoms with Crippen molar-refractivity contribution >= 4 is 11.8 Å². The van der Waals surface area contributed by atoms with Crippen LogP contribution in [0.1, 0.15) is 45.7 Å². The molecule has 0 saturated heterocycles. The van der Waals surface area contributed by atoms with Gasteiger partial charge in [0.15, 0.2) is 0 Å². The number of rotatable bonds is 4. The highest BCUT2D eigenvalue weighted by molar-refractivity contribution is 6.04. The van der Waals surface area contributed by atoms with Crippen LogP contribution in [0.5, 0.6) is 0 Å². The van der Waals surface area contributed by atoms with Gasteiger partial charge in [-0.15, -0.1) is 0 Å². The molecular formula is C17H26N2O2. The van der Waals surface area contributed by atoms with Gasteiger partial charge in [-0.25, -0.2) is 0 Å². The summed E-state index contributed by atoms with van der Waals surface area (Å²) in [6, 6.07) is 7.87. The number of aryl methyl sites for hydroxylation is 1. The van der Waals surface area contributed by atoms with Gasteiger partial charge in [0, 0.05) is 12.1 Å². The minimum atomic E-state index is -1.10. The number of carbonyl (C=O) groups excluding carboxylic acids is 2. The number of nitrogens with one attached hydrogen (secondary N) is 2. The first-order valence-corrected chi connectivity index (χ1v) is 7.19. The maximum absolute atomic E-state index is 12.3. The largest absolute Gasteiger partial charge is 0.351 e. The van der Waals surface area contributed by atoms with Crippen molar-refractivity contribution in [2.45, 2.75) is 53.6 Å². The monoisotopic (exact) mass is 290 g/mol. The van der Waals surface area contributed by atoms with Gasteiger partial charge in [0.2, 0.25) is 11.8 Å². The van der Waals surface area contributed by atoms with E-state index in [0.29, 0.717) is 6.54 Å². The number of amides is 2. The third-order valence-corrected chi connectivity index (χ3v) is 3.32. The molecular weight excluding hydrogens is 264 g/mol. The summed E-state index contributed by atoms with van der Waals surface area (Å²) in [6.45, 7) is 11.4. The Hall–Kier alpha value is -1.84. The Labute approximate surface area is 127 Å². The molecule has 0 bridgehead atoms. The van der Waals surface area contributed by atoms with Crippen LogP contribution in [0.15, 0.2) is 24.3 Å². The van der Waals surface area contributed by atoms with Gasteiger partial charge in [0.25, 0.3) is 0 Å². The van der Waals surface area contributed by atoms with Crippen molar-refractivity contribution < 1.29 is 9.59 Å². The van der Waals surface area contributed by atoms with Crippen LogP contribution < -0.4 is 10.6 Å². The molecule has 0 aliphatic rings. The Morgan fingerprint density at radius 2 is 1.57 bits per heavy atom.